The molecule has 2 unspecified atom stereocenters. The first-order chi connectivity index (χ1) is 7.01. The molecule has 1 N–H and O–H groups in total. The van der Waals surface area contributed by atoms with Gasteiger partial charge in [0.2, 0.25) is 0 Å². The van der Waals surface area contributed by atoms with E-state index >= 15 is 0 Å². The summed E-state index contributed by atoms with van der Waals surface area (Å²) < 4.78 is 25.4. The van der Waals surface area contributed by atoms with Gasteiger partial charge >= 0.3 is 0 Å². The number of H-pyrrole nitrogens is 1. The average molecular weight is 250 g/mol. The normalized spacial score (nSPS) is 28.4. The fourth-order valence-corrected chi connectivity index (χ4v) is 3.40. The van der Waals surface area contributed by atoms with Gasteiger partial charge in [-0.2, -0.15) is 9.40 Å². The summed E-state index contributed by atoms with van der Waals surface area (Å²) >= 11 is 5.99. The van der Waals surface area contributed by atoms with Crippen molar-refractivity contribution >= 4 is 21.6 Å². The van der Waals surface area contributed by atoms with Crippen LogP contribution in [0.25, 0.3) is 0 Å². The highest BCUT2D eigenvalue weighted by atomic mass is 35.5. The Hall–Kier alpha value is -0.590. The van der Waals surface area contributed by atoms with Crippen LogP contribution in [-0.2, 0) is 10.0 Å². The summed E-state index contributed by atoms with van der Waals surface area (Å²) in [5, 5.41) is 6.11. The monoisotopic (exact) mass is 249 g/mol. The van der Waals surface area contributed by atoms with Crippen molar-refractivity contribution in [3.8, 4) is 0 Å². The molecule has 15 heavy (non-hydrogen) atoms. The van der Waals surface area contributed by atoms with Gasteiger partial charge in [0.1, 0.15) is 0 Å². The summed E-state index contributed by atoms with van der Waals surface area (Å²) in [6.45, 7) is 2.78. The topological polar surface area (TPSA) is 66.1 Å². The number of aromatic nitrogens is 2. The Morgan fingerprint density at radius 2 is 2.33 bits per heavy atom. The Morgan fingerprint density at radius 3 is 2.80 bits per heavy atom. The first-order valence-corrected chi connectivity index (χ1v) is 6.53. The first-order valence-electron chi connectivity index (χ1n) is 4.65. The zero-order chi connectivity index (χ0) is 11.1. The summed E-state index contributed by atoms with van der Waals surface area (Å²) in [5.74, 6) is 0.185. The molecule has 7 heteroatoms. The molecule has 2 rings (SSSR count). The van der Waals surface area contributed by atoms with Crippen molar-refractivity contribution in [3.05, 3.63) is 12.3 Å². The Bertz CT molecular complexity index is 421. The maximum absolute atomic E-state index is 12.0. The second-order valence-electron chi connectivity index (χ2n) is 3.74. The molecule has 0 saturated carbocycles. The summed E-state index contributed by atoms with van der Waals surface area (Å²) in [7, 11) is -3.43. The van der Waals surface area contributed by atoms with Gasteiger partial charge in [-0.1, -0.05) is 6.92 Å². The standard InChI is InChI=1S/C8H12ClN3O2S/c1-6-4-12(5-7(6)9)15(13,14)8-2-3-10-11-8/h2-3,6-7H,4-5H2,1H3,(H,10,11). The van der Waals surface area contributed by atoms with E-state index in [1.54, 1.807) is 0 Å². The lowest BCUT2D eigenvalue weighted by Crippen LogP contribution is -2.29. The van der Waals surface area contributed by atoms with E-state index in [1.165, 1.54) is 16.6 Å². The summed E-state index contributed by atoms with van der Waals surface area (Å²) in [5.41, 5.74) is 0. The highest BCUT2D eigenvalue weighted by molar-refractivity contribution is 7.89. The molecule has 0 aromatic carbocycles. The number of nitrogens with zero attached hydrogens (tertiary/aromatic N) is 2. The lowest BCUT2D eigenvalue weighted by atomic mass is 10.2. The Labute approximate surface area is 93.5 Å². The second-order valence-corrected chi connectivity index (χ2v) is 6.20. The van der Waals surface area contributed by atoms with Crippen molar-refractivity contribution in [2.75, 3.05) is 13.1 Å². The van der Waals surface area contributed by atoms with Crippen LogP contribution in [0.3, 0.4) is 0 Å². The van der Waals surface area contributed by atoms with Gasteiger partial charge in [-0.25, -0.2) is 8.42 Å². The van der Waals surface area contributed by atoms with Gasteiger partial charge in [-0.15, -0.1) is 11.6 Å². The van der Waals surface area contributed by atoms with Crippen molar-refractivity contribution < 1.29 is 8.42 Å². The third-order valence-corrected chi connectivity index (χ3v) is 4.91. The van der Waals surface area contributed by atoms with Crippen LogP contribution in [0.4, 0.5) is 0 Å². The van der Waals surface area contributed by atoms with Crippen LogP contribution in [0.15, 0.2) is 17.3 Å². The minimum Gasteiger partial charge on any atom is -0.266 e. The maximum atomic E-state index is 12.0. The van der Waals surface area contributed by atoms with E-state index in [2.05, 4.69) is 10.2 Å². The third-order valence-electron chi connectivity index (χ3n) is 2.58. The third kappa shape index (κ3) is 1.89. The van der Waals surface area contributed by atoms with Crippen LogP contribution in [-0.4, -0.2) is 41.4 Å². The van der Waals surface area contributed by atoms with E-state index in [4.69, 9.17) is 11.6 Å². The van der Waals surface area contributed by atoms with E-state index in [1.807, 2.05) is 6.92 Å². The van der Waals surface area contributed by atoms with E-state index in [0.29, 0.717) is 13.1 Å². The molecule has 0 spiro atoms. The number of halogens is 1. The minimum absolute atomic E-state index is 0.109. The fraction of sp³-hybridized carbons (Fsp3) is 0.625. The molecule has 5 nitrogen and oxygen atoms in total. The molecule has 1 saturated heterocycles. The summed E-state index contributed by atoms with van der Waals surface area (Å²) in [6.07, 6.45) is 1.42. The largest absolute Gasteiger partial charge is 0.266 e. The smallest absolute Gasteiger partial charge is 0.260 e. The predicted octanol–water partition coefficient (Wildman–Crippen LogP) is 0.657. The SMILES string of the molecule is CC1CN(S(=O)(=O)c2ccn[nH]2)CC1Cl. The van der Waals surface area contributed by atoms with Crippen LogP contribution in [0.1, 0.15) is 6.92 Å². The lowest BCUT2D eigenvalue weighted by molar-refractivity contribution is 0.461. The predicted molar refractivity (Wildman–Crippen MR) is 56.2 cm³/mol. The van der Waals surface area contributed by atoms with Crippen molar-refractivity contribution in [3.63, 3.8) is 0 Å². The molecule has 0 radical (unpaired) electrons. The molecular weight excluding hydrogens is 238 g/mol. The molecule has 0 amide bonds. The van der Waals surface area contributed by atoms with Crippen molar-refractivity contribution in [2.24, 2.45) is 5.92 Å². The highest BCUT2D eigenvalue weighted by Crippen LogP contribution is 2.26. The number of hydrogen-bond acceptors (Lipinski definition) is 3. The Kier molecular flexibility index (Phi) is 2.74. The summed E-state index contributed by atoms with van der Waals surface area (Å²) in [4.78, 5) is 0. The average Bonchev–Trinajstić information content (AvgIpc) is 2.77. The molecule has 1 aromatic rings. The van der Waals surface area contributed by atoms with Gasteiger partial charge in [0.15, 0.2) is 5.03 Å². The molecule has 1 fully saturated rings. The van der Waals surface area contributed by atoms with E-state index in [0.717, 1.165) is 0 Å². The van der Waals surface area contributed by atoms with Gasteiger partial charge in [0.05, 0.1) is 11.6 Å². The van der Waals surface area contributed by atoms with Gasteiger partial charge in [0.25, 0.3) is 10.0 Å². The first kappa shape index (κ1) is 10.9. The molecular formula is C8H12ClN3O2S. The lowest BCUT2D eigenvalue weighted by Gasteiger charge is -2.13. The van der Waals surface area contributed by atoms with Crippen molar-refractivity contribution in [2.45, 2.75) is 17.3 Å². The second kappa shape index (κ2) is 3.77. The maximum Gasteiger partial charge on any atom is 0.260 e. The Morgan fingerprint density at radius 1 is 1.60 bits per heavy atom. The number of rotatable bonds is 2. The van der Waals surface area contributed by atoms with Gasteiger partial charge in [0, 0.05) is 13.1 Å². The molecule has 2 heterocycles. The van der Waals surface area contributed by atoms with Crippen LogP contribution in [0.5, 0.6) is 0 Å². The zero-order valence-corrected chi connectivity index (χ0v) is 9.79. The van der Waals surface area contributed by atoms with E-state index < -0.39 is 10.0 Å². The number of aromatic amines is 1. The van der Waals surface area contributed by atoms with Gasteiger partial charge in [-0.05, 0) is 12.0 Å². The number of alkyl halides is 1. The van der Waals surface area contributed by atoms with Crippen LogP contribution >= 0.6 is 11.6 Å². The summed E-state index contributed by atoms with van der Waals surface area (Å²) in [6, 6.07) is 1.45. The van der Waals surface area contributed by atoms with E-state index in [-0.39, 0.29) is 16.3 Å². The molecule has 1 aliphatic heterocycles. The minimum atomic E-state index is -3.43. The zero-order valence-electron chi connectivity index (χ0n) is 8.22. The number of nitrogens with one attached hydrogen (secondary N) is 1. The molecule has 1 aliphatic rings. The number of sulfonamides is 1. The van der Waals surface area contributed by atoms with Gasteiger partial charge < -0.3 is 0 Å². The quantitative estimate of drug-likeness (QED) is 0.783. The molecule has 2 atom stereocenters. The number of hydrogen-bond donors (Lipinski definition) is 1. The Balaban J connectivity index is 2.25. The van der Waals surface area contributed by atoms with Crippen LogP contribution in [0, 0.1) is 5.92 Å². The van der Waals surface area contributed by atoms with Gasteiger partial charge in [-0.3, -0.25) is 5.10 Å². The molecule has 1 aromatic heterocycles. The highest BCUT2D eigenvalue weighted by Gasteiger charge is 2.36. The van der Waals surface area contributed by atoms with Crippen molar-refractivity contribution in [1.29, 1.82) is 0 Å². The molecule has 0 aliphatic carbocycles. The van der Waals surface area contributed by atoms with E-state index in [9.17, 15) is 8.42 Å². The van der Waals surface area contributed by atoms with Crippen LogP contribution in [0.2, 0.25) is 0 Å². The van der Waals surface area contributed by atoms with Crippen LogP contribution < -0.4 is 0 Å². The molecule has 84 valence electrons. The molecule has 0 bridgehead atoms. The fourth-order valence-electron chi connectivity index (χ4n) is 1.61. The van der Waals surface area contributed by atoms with Crippen molar-refractivity contribution in [1.82, 2.24) is 14.5 Å².